The molecule has 4 atom stereocenters. The van der Waals surface area contributed by atoms with Gasteiger partial charge in [-0.05, 0) is 43.9 Å². The molecule has 134 valence electrons. The average Bonchev–Trinajstić information content (AvgIpc) is 3.19. The van der Waals surface area contributed by atoms with Crippen molar-refractivity contribution in [2.75, 3.05) is 24.7 Å². The van der Waals surface area contributed by atoms with Crippen molar-refractivity contribution in [3.63, 3.8) is 0 Å². The first-order valence-corrected chi connectivity index (χ1v) is 9.61. The van der Waals surface area contributed by atoms with Crippen LogP contribution in [0.3, 0.4) is 0 Å². The van der Waals surface area contributed by atoms with Crippen LogP contribution in [-0.2, 0) is 9.47 Å². The summed E-state index contributed by atoms with van der Waals surface area (Å²) in [5.41, 5.74) is 2.60. The number of hydrogen-bond acceptors (Lipinski definition) is 4. The van der Waals surface area contributed by atoms with Crippen LogP contribution in [-0.4, -0.2) is 38.0 Å². The van der Waals surface area contributed by atoms with Gasteiger partial charge in [0.05, 0.1) is 12.6 Å². The summed E-state index contributed by atoms with van der Waals surface area (Å²) in [6, 6.07) is 9.23. The lowest BCUT2D eigenvalue weighted by atomic mass is 9.46. The van der Waals surface area contributed by atoms with E-state index in [2.05, 4.69) is 24.4 Å². The second-order valence-electron chi connectivity index (χ2n) is 8.05. The highest BCUT2D eigenvalue weighted by molar-refractivity contribution is 5.89. The lowest BCUT2D eigenvalue weighted by Gasteiger charge is -2.64. The zero-order valence-electron chi connectivity index (χ0n) is 14.7. The van der Waals surface area contributed by atoms with Gasteiger partial charge in [0.1, 0.15) is 6.61 Å². The van der Waals surface area contributed by atoms with Gasteiger partial charge in [0.2, 0.25) is 0 Å². The second kappa shape index (κ2) is 5.71. The SMILES string of the molecule is C[C@H](N[C@@H]1[C@H]2CCO[C@@H]2C12CCC2)c1ccc(N2CCOC2=O)cc1. The molecular weight excluding hydrogens is 316 g/mol. The fourth-order valence-corrected chi connectivity index (χ4v) is 5.43. The Morgan fingerprint density at radius 3 is 2.68 bits per heavy atom. The van der Waals surface area contributed by atoms with E-state index in [1.807, 2.05) is 12.1 Å². The third-order valence-corrected chi connectivity index (χ3v) is 6.93. The number of hydrogen-bond donors (Lipinski definition) is 1. The molecule has 2 heterocycles. The molecule has 1 N–H and O–H groups in total. The topological polar surface area (TPSA) is 50.8 Å². The maximum Gasteiger partial charge on any atom is 0.414 e. The molecule has 2 aliphatic heterocycles. The number of cyclic esters (lactones) is 1. The predicted molar refractivity (Wildman–Crippen MR) is 94.6 cm³/mol. The summed E-state index contributed by atoms with van der Waals surface area (Å²) in [7, 11) is 0. The molecule has 25 heavy (non-hydrogen) atoms. The van der Waals surface area contributed by atoms with Gasteiger partial charge in [-0.2, -0.15) is 0 Å². The van der Waals surface area contributed by atoms with Crippen LogP contribution in [0.15, 0.2) is 24.3 Å². The van der Waals surface area contributed by atoms with E-state index < -0.39 is 0 Å². The number of benzene rings is 1. The van der Waals surface area contributed by atoms with Gasteiger partial charge in [-0.3, -0.25) is 4.90 Å². The Balaban J connectivity index is 1.28. The van der Waals surface area contributed by atoms with Crippen LogP contribution in [0.4, 0.5) is 10.5 Å². The lowest BCUT2D eigenvalue weighted by molar-refractivity contribution is -0.178. The van der Waals surface area contributed by atoms with Crippen molar-refractivity contribution in [2.45, 2.75) is 50.8 Å². The highest BCUT2D eigenvalue weighted by atomic mass is 16.6. The van der Waals surface area contributed by atoms with Crippen molar-refractivity contribution in [1.29, 1.82) is 0 Å². The van der Waals surface area contributed by atoms with Crippen molar-refractivity contribution in [3.05, 3.63) is 29.8 Å². The monoisotopic (exact) mass is 342 g/mol. The summed E-state index contributed by atoms with van der Waals surface area (Å²) in [6.45, 7) is 4.30. The van der Waals surface area contributed by atoms with Crippen LogP contribution in [0.1, 0.15) is 44.2 Å². The molecule has 4 aliphatic rings. The normalized spacial score (nSPS) is 33.6. The maximum atomic E-state index is 11.7. The molecule has 1 amide bonds. The van der Waals surface area contributed by atoms with E-state index in [0.29, 0.717) is 42.7 Å². The third kappa shape index (κ3) is 2.25. The second-order valence-corrected chi connectivity index (χ2v) is 8.05. The number of rotatable bonds is 4. The third-order valence-electron chi connectivity index (χ3n) is 6.93. The number of nitrogens with one attached hydrogen (secondary N) is 1. The highest BCUT2D eigenvalue weighted by Crippen LogP contribution is 2.63. The molecule has 0 unspecified atom stereocenters. The molecule has 0 aromatic heterocycles. The Kier molecular flexibility index (Phi) is 3.57. The molecule has 1 spiro atoms. The van der Waals surface area contributed by atoms with Crippen molar-refractivity contribution in [3.8, 4) is 0 Å². The smallest absolute Gasteiger partial charge is 0.414 e. The van der Waals surface area contributed by atoms with E-state index in [1.165, 1.54) is 31.2 Å². The van der Waals surface area contributed by atoms with Gasteiger partial charge in [-0.25, -0.2) is 4.79 Å². The number of ether oxygens (including phenoxy) is 2. The summed E-state index contributed by atoms with van der Waals surface area (Å²) in [6.07, 6.45) is 5.44. The molecule has 1 aromatic carbocycles. The van der Waals surface area contributed by atoms with Crippen LogP contribution < -0.4 is 10.2 Å². The van der Waals surface area contributed by atoms with Gasteiger partial charge in [0, 0.05) is 35.7 Å². The molecular formula is C20H26N2O3. The summed E-state index contributed by atoms with van der Waals surface area (Å²) in [4.78, 5) is 13.4. The molecule has 5 heteroatoms. The van der Waals surface area contributed by atoms with Gasteiger partial charge in [0.15, 0.2) is 0 Å². The first kappa shape index (κ1) is 15.6. The predicted octanol–water partition coefficient (Wildman–Crippen LogP) is 3.25. The summed E-state index contributed by atoms with van der Waals surface area (Å²) < 4.78 is 11.0. The Morgan fingerprint density at radius 2 is 2.04 bits per heavy atom. The van der Waals surface area contributed by atoms with E-state index >= 15 is 0 Å². The molecule has 1 aromatic rings. The maximum absolute atomic E-state index is 11.7. The Bertz CT molecular complexity index is 670. The molecule has 2 saturated carbocycles. The minimum Gasteiger partial charge on any atom is -0.447 e. The number of fused-ring (bicyclic) bond motifs is 2. The van der Waals surface area contributed by atoms with Crippen LogP contribution in [0, 0.1) is 11.3 Å². The lowest BCUT2D eigenvalue weighted by Crippen LogP contribution is -2.71. The van der Waals surface area contributed by atoms with Gasteiger partial charge < -0.3 is 14.8 Å². The molecule has 2 aliphatic carbocycles. The average molecular weight is 342 g/mol. The van der Waals surface area contributed by atoms with Crippen molar-refractivity contribution in [2.24, 2.45) is 11.3 Å². The van der Waals surface area contributed by atoms with E-state index in [9.17, 15) is 4.79 Å². The molecule has 5 nitrogen and oxygen atoms in total. The molecule has 5 rings (SSSR count). The van der Waals surface area contributed by atoms with Crippen LogP contribution in [0.5, 0.6) is 0 Å². The number of anilines is 1. The van der Waals surface area contributed by atoms with Crippen LogP contribution >= 0.6 is 0 Å². The van der Waals surface area contributed by atoms with Crippen molar-refractivity contribution in [1.82, 2.24) is 5.32 Å². The Labute approximate surface area is 148 Å². The van der Waals surface area contributed by atoms with E-state index in [0.717, 1.165) is 12.3 Å². The highest BCUT2D eigenvalue weighted by Gasteiger charge is 2.66. The summed E-state index contributed by atoms with van der Waals surface area (Å²) >= 11 is 0. The Hall–Kier alpha value is -1.59. The van der Waals surface area contributed by atoms with Crippen LogP contribution in [0.2, 0.25) is 0 Å². The first-order chi connectivity index (χ1) is 12.2. The number of carbonyl (C=O) groups excluding carboxylic acids is 1. The minimum absolute atomic E-state index is 0.243. The summed E-state index contributed by atoms with van der Waals surface area (Å²) in [5, 5.41) is 3.91. The van der Waals surface area contributed by atoms with Gasteiger partial charge in [0.25, 0.3) is 0 Å². The first-order valence-electron chi connectivity index (χ1n) is 9.61. The van der Waals surface area contributed by atoms with Crippen LogP contribution in [0.25, 0.3) is 0 Å². The fraction of sp³-hybridized carbons (Fsp3) is 0.650. The molecule has 2 saturated heterocycles. The van der Waals surface area contributed by atoms with E-state index in [4.69, 9.17) is 9.47 Å². The van der Waals surface area contributed by atoms with Crippen molar-refractivity contribution < 1.29 is 14.3 Å². The number of amides is 1. The fourth-order valence-electron chi connectivity index (χ4n) is 5.43. The molecule has 0 radical (unpaired) electrons. The number of nitrogens with zero attached hydrogens (tertiary/aromatic N) is 1. The van der Waals surface area contributed by atoms with Gasteiger partial charge in [-0.1, -0.05) is 18.6 Å². The summed E-state index contributed by atoms with van der Waals surface area (Å²) in [5.74, 6) is 0.696. The zero-order chi connectivity index (χ0) is 17.0. The minimum atomic E-state index is -0.243. The number of carbonyl (C=O) groups is 1. The van der Waals surface area contributed by atoms with E-state index in [-0.39, 0.29) is 6.09 Å². The van der Waals surface area contributed by atoms with Gasteiger partial charge in [-0.15, -0.1) is 0 Å². The largest absolute Gasteiger partial charge is 0.447 e. The van der Waals surface area contributed by atoms with Crippen molar-refractivity contribution >= 4 is 11.8 Å². The standard InChI is InChI=1S/C20H26N2O3/c1-13(14-3-5-15(6-4-14)22-10-12-25-19(22)23)21-17-16-7-11-24-18(16)20(17)8-2-9-20/h3-6,13,16-18,21H,2,7-12H2,1H3/t13-,16+,17+,18-/m0/s1. The molecule has 4 fully saturated rings. The molecule has 0 bridgehead atoms. The Morgan fingerprint density at radius 1 is 1.24 bits per heavy atom. The zero-order valence-corrected chi connectivity index (χ0v) is 14.7. The van der Waals surface area contributed by atoms with E-state index in [1.54, 1.807) is 4.90 Å². The van der Waals surface area contributed by atoms with Gasteiger partial charge >= 0.3 is 6.09 Å². The quantitative estimate of drug-likeness (QED) is 0.912.